The van der Waals surface area contributed by atoms with Crippen LogP contribution in [0.3, 0.4) is 0 Å². The Kier molecular flexibility index (Phi) is 4.64. The highest BCUT2D eigenvalue weighted by molar-refractivity contribution is 14.1. The average molecular weight is 385 g/mol. The molecule has 1 aromatic carbocycles. The molecule has 0 fully saturated rings. The summed E-state index contributed by atoms with van der Waals surface area (Å²) in [4.78, 5) is 24.3. The maximum atomic E-state index is 12.3. The summed E-state index contributed by atoms with van der Waals surface area (Å²) in [7, 11) is 0. The Morgan fingerprint density at radius 1 is 1.20 bits per heavy atom. The van der Waals surface area contributed by atoms with E-state index >= 15 is 0 Å². The number of hydrogen-bond acceptors (Lipinski definition) is 3. The van der Waals surface area contributed by atoms with Crippen molar-refractivity contribution in [3.8, 4) is 0 Å². The second-order valence-electron chi connectivity index (χ2n) is 4.58. The predicted molar refractivity (Wildman–Crippen MR) is 87.9 cm³/mol. The van der Waals surface area contributed by atoms with Gasteiger partial charge in [-0.05, 0) is 46.7 Å². The molecule has 0 aliphatic carbocycles. The van der Waals surface area contributed by atoms with Gasteiger partial charge in [-0.2, -0.15) is 0 Å². The molecule has 0 saturated heterocycles. The molecular formula is C14H16IN3O2. The molecule has 0 aliphatic heterocycles. The van der Waals surface area contributed by atoms with Crippen molar-refractivity contribution in [2.75, 3.05) is 5.73 Å². The molecule has 0 aliphatic rings. The normalized spacial score (nSPS) is 10.7. The number of anilines is 1. The molecule has 0 bridgehead atoms. The minimum atomic E-state index is -0.430. The number of nitrogen functional groups attached to an aromatic ring is 1. The van der Waals surface area contributed by atoms with E-state index in [2.05, 4.69) is 22.6 Å². The van der Waals surface area contributed by atoms with Gasteiger partial charge in [-0.25, -0.2) is 4.79 Å². The summed E-state index contributed by atoms with van der Waals surface area (Å²) in [5.74, 6) is 0. The van der Waals surface area contributed by atoms with Crippen molar-refractivity contribution < 1.29 is 0 Å². The van der Waals surface area contributed by atoms with Crippen LogP contribution < -0.4 is 17.0 Å². The maximum Gasteiger partial charge on any atom is 0.331 e. The van der Waals surface area contributed by atoms with E-state index in [1.54, 1.807) is 0 Å². The van der Waals surface area contributed by atoms with Crippen molar-refractivity contribution in [1.82, 2.24) is 9.13 Å². The molecule has 106 valence electrons. The number of hydrogen-bond donors (Lipinski definition) is 1. The Bertz CT molecular complexity index is 717. The summed E-state index contributed by atoms with van der Waals surface area (Å²) in [5, 5.41) is 0. The van der Waals surface area contributed by atoms with Crippen LogP contribution in [0.15, 0.2) is 40.1 Å². The standard InChI is InChI=1S/C14H16IN3O2/c1-2-7-17-9-12(16)13(19)18(14(17)20)8-10-3-5-11(15)6-4-10/h3-6,9H,2,7-8,16H2,1H3. The lowest BCUT2D eigenvalue weighted by Crippen LogP contribution is -2.40. The van der Waals surface area contributed by atoms with Gasteiger partial charge in [0, 0.05) is 16.3 Å². The lowest BCUT2D eigenvalue weighted by Gasteiger charge is -2.11. The minimum Gasteiger partial charge on any atom is -0.393 e. The number of aromatic nitrogens is 2. The van der Waals surface area contributed by atoms with Crippen molar-refractivity contribution >= 4 is 28.3 Å². The van der Waals surface area contributed by atoms with Crippen LogP contribution >= 0.6 is 22.6 Å². The Morgan fingerprint density at radius 2 is 1.85 bits per heavy atom. The molecule has 0 saturated carbocycles. The Labute approximate surface area is 130 Å². The highest BCUT2D eigenvalue weighted by Crippen LogP contribution is 2.07. The summed E-state index contributed by atoms with van der Waals surface area (Å²) in [6.45, 7) is 2.76. The van der Waals surface area contributed by atoms with Gasteiger partial charge >= 0.3 is 5.69 Å². The third-order valence-electron chi connectivity index (χ3n) is 2.98. The molecule has 0 unspecified atom stereocenters. The van der Waals surface area contributed by atoms with Crippen molar-refractivity contribution in [3.63, 3.8) is 0 Å². The number of benzene rings is 1. The topological polar surface area (TPSA) is 70.0 Å². The fraction of sp³-hybridized carbons (Fsp3) is 0.286. The zero-order valence-electron chi connectivity index (χ0n) is 11.2. The van der Waals surface area contributed by atoms with E-state index in [4.69, 9.17) is 5.73 Å². The number of nitrogens with two attached hydrogens (primary N) is 1. The van der Waals surface area contributed by atoms with E-state index < -0.39 is 5.56 Å². The van der Waals surface area contributed by atoms with Crippen LogP contribution in [0, 0.1) is 3.57 Å². The van der Waals surface area contributed by atoms with Crippen molar-refractivity contribution in [1.29, 1.82) is 0 Å². The number of halogens is 1. The zero-order valence-corrected chi connectivity index (χ0v) is 13.3. The molecule has 6 heteroatoms. The first kappa shape index (κ1) is 14.8. The monoisotopic (exact) mass is 385 g/mol. The molecule has 2 rings (SSSR count). The first-order valence-corrected chi connectivity index (χ1v) is 7.45. The third-order valence-corrected chi connectivity index (χ3v) is 3.70. The molecule has 1 heterocycles. The van der Waals surface area contributed by atoms with Crippen LogP contribution in [-0.4, -0.2) is 9.13 Å². The van der Waals surface area contributed by atoms with Crippen LogP contribution in [0.5, 0.6) is 0 Å². The summed E-state index contributed by atoms with van der Waals surface area (Å²) in [6.07, 6.45) is 2.24. The van der Waals surface area contributed by atoms with Crippen molar-refractivity contribution in [3.05, 3.63) is 60.4 Å². The van der Waals surface area contributed by atoms with Gasteiger partial charge in [0.1, 0.15) is 5.69 Å². The largest absolute Gasteiger partial charge is 0.393 e. The van der Waals surface area contributed by atoms with Gasteiger partial charge < -0.3 is 5.73 Å². The smallest absolute Gasteiger partial charge is 0.331 e. The fourth-order valence-electron chi connectivity index (χ4n) is 1.99. The molecule has 5 nitrogen and oxygen atoms in total. The van der Waals surface area contributed by atoms with Gasteiger partial charge in [0.25, 0.3) is 5.56 Å². The van der Waals surface area contributed by atoms with E-state index in [0.29, 0.717) is 6.54 Å². The van der Waals surface area contributed by atoms with Crippen LogP contribution in [0.1, 0.15) is 18.9 Å². The summed E-state index contributed by atoms with van der Waals surface area (Å²) in [6, 6.07) is 7.69. The van der Waals surface area contributed by atoms with Gasteiger partial charge in [0.15, 0.2) is 0 Å². The van der Waals surface area contributed by atoms with E-state index in [1.165, 1.54) is 15.3 Å². The molecule has 0 spiro atoms. The van der Waals surface area contributed by atoms with Crippen molar-refractivity contribution in [2.45, 2.75) is 26.4 Å². The fourth-order valence-corrected chi connectivity index (χ4v) is 2.35. The highest BCUT2D eigenvalue weighted by Gasteiger charge is 2.09. The Balaban J connectivity index is 2.47. The average Bonchev–Trinajstić information content (AvgIpc) is 2.43. The molecule has 1 aromatic heterocycles. The molecule has 0 amide bonds. The second kappa shape index (κ2) is 6.25. The Morgan fingerprint density at radius 3 is 2.45 bits per heavy atom. The Hall–Kier alpha value is -1.57. The van der Waals surface area contributed by atoms with Crippen LogP contribution in [0.25, 0.3) is 0 Å². The number of rotatable bonds is 4. The van der Waals surface area contributed by atoms with Gasteiger partial charge in [0.05, 0.1) is 6.54 Å². The summed E-state index contributed by atoms with van der Waals surface area (Å²) in [5.41, 5.74) is 5.96. The maximum absolute atomic E-state index is 12.3. The molecule has 2 aromatic rings. The third kappa shape index (κ3) is 3.12. The van der Waals surface area contributed by atoms with Gasteiger partial charge in [-0.3, -0.25) is 13.9 Å². The highest BCUT2D eigenvalue weighted by atomic mass is 127. The second-order valence-corrected chi connectivity index (χ2v) is 5.82. The summed E-state index contributed by atoms with van der Waals surface area (Å²) < 4.78 is 3.78. The van der Waals surface area contributed by atoms with Crippen LogP contribution in [-0.2, 0) is 13.1 Å². The van der Waals surface area contributed by atoms with E-state index in [-0.39, 0.29) is 17.9 Å². The minimum absolute atomic E-state index is 0.101. The molecular weight excluding hydrogens is 369 g/mol. The van der Waals surface area contributed by atoms with E-state index in [1.807, 2.05) is 31.2 Å². The van der Waals surface area contributed by atoms with Crippen LogP contribution in [0.4, 0.5) is 5.69 Å². The van der Waals surface area contributed by atoms with E-state index in [0.717, 1.165) is 15.6 Å². The molecule has 0 radical (unpaired) electrons. The van der Waals surface area contributed by atoms with E-state index in [9.17, 15) is 9.59 Å². The lowest BCUT2D eigenvalue weighted by molar-refractivity contribution is 0.573. The molecule has 2 N–H and O–H groups in total. The number of nitrogens with zero attached hydrogens (tertiary/aromatic N) is 2. The summed E-state index contributed by atoms with van der Waals surface area (Å²) >= 11 is 2.21. The SMILES string of the molecule is CCCn1cc(N)c(=O)n(Cc2ccc(I)cc2)c1=O. The van der Waals surface area contributed by atoms with Crippen molar-refractivity contribution in [2.24, 2.45) is 0 Å². The van der Waals surface area contributed by atoms with Gasteiger partial charge in [0.2, 0.25) is 0 Å². The van der Waals surface area contributed by atoms with Gasteiger partial charge in [-0.15, -0.1) is 0 Å². The molecule has 0 atom stereocenters. The first-order valence-electron chi connectivity index (χ1n) is 6.37. The zero-order chi connectivity index (χ0) is 14.7. The lowest BCUT2D eigenvalue weighted by atomic mass is 10.2. The predicted octanol–water partition coefficient (Wildman–Crippen LogP) is 1.66. The first-order chi connectivity index (χ1) is 9.52. The molecule has 20 heavy (non-hydrogen) atoms. The quantitative estimate of drug-likeness (QED) is 0.814. The number of aryl methyl sites for hydroxylation is 1. The van der Waals surface area contributed by atoms with Gasteiger partial charge in [-0.1, -0.05) is 19.1 Å². The van der Waals surface area contributed by atoms with Crippen LogP contribution in [0.2, 0.25) is 0 Å².